The topological polar surface area (TPSA) is 58.8 Å². The molecule has 1 fully saturated rings. The third-order valence-corrected chi connectivity index (χ3v) is 3.60. The standard InChI is InChI=1S/C13H17F4N3O3/c14-3-6-19(8-11-7-18-9-22-11)10-1-4-20(5-2-10)23-12(21)13(15,16)17/h7,9-10H,1-6,8H2. The van der Waals surface area contributed by atoms with Crippen molar-refractivity contribution in [3.8, 4) is 0 Å². The zero-order valence-electron chi connectivity index (χ0n) is 12.3. The molecule has 0 radical (unpaired) electrons. The Hall–Kier alpha value is -1.68. The van der Waals surface area contributed by atoms with Gasteiger partial charge in [0.25, 0.3) is 0 Å². The number of hydrogen-bond donors (Lipinski definition) is 0. The van der Waals surface area contributed by atoms with Crippen molar-refractivity contribution < 1.29 is 31.6 Å². The number of hydroxylamine groups is 2. The van der Waals surface area contributed by atoms with Crippen molar-refractivity contribution in [3.63, 3.8) is 0 Å². The van der Waals surface area contributed by atoms with Crippen molar-refractivity contribution in [2.24, 2.45) is 0 Å². The lowest BCUT2D eigenvalue weighted by atomic mass is 10.0. The van der Waals surface area contributed by atoms with Crippen molar-refractivity contribution >= 4 is 5.97 Å². The molecule has 10 heteroatoms. The molecule has 0 atom stereocenters. The highest BCUT2D eigenvalue weighted by molar-refractivity contribution is 5.75. The summed E-state index contributed by atoms with van der Waals surface area (Å²) in [6.45, 7) is 0.333. The molecule has 1 aromatic rings. The van der Waals surface area contributed by atoms with Gasteiger partial charge in [-0.25, -0.2) is 14.2 Å². The average Bonchev–Trinajstić information content (AvgIpc) is 3.00. The largest absolute Gasteiger partial charge is 0.492 e. The fourth-order valence-corrected chi connectivity index (χ4v) is 2.49. The fourth-order valence-electron chi connectivity index (χ4n) is 2.49. The van der Waals surface area contributed by atoms with Crippen LogP contribution in [0, 0.1) is 0 Å². The maximum absolute atomic E-state index is 12.7. The summed E-state index contributed by atoms with van der Waals surface area (Å²) in [6, 6.07) is -0.0308. The summed E-state index contributed by atoms with van der Waals surface area (Å²) in [5.74, 6) is -1.64. The van der Waals surface area contributed by atoms with Gasteiger partial charge in [-0.15, -0.1) is 5.06 Å². The van der Waals surface area contributed by atoms with E-state index in [1.54, 1.807) is 0 Å². The second-order valence-electron chi connectivity index (χ2n) is 5.16. The zero-order chi connectivity index (χ0) is 16.9. The Kier molecular flexibility index (Phi) is 5.94. The number of carbonyl (C=O) groups excluding carboxylic acids is 1. The molecule has 1 aliphatic rings. The maximum Gasteiger partial charge on any atom is 0.492 e. The van der Waals surface area contributed by atoms with Crippen molar-refractivity contribution in [3.05, 3.63) is 18.4 Å². The molecule has 0 N–H and O–H groups in total. The highest BCUT2D eigenvalue weighted by Crippen LogP contribution is 2.22. The third kappa shape index (κ3) is 5.17. The zero-order valence-corrected chi connectivity index (χ0v) is 12.3. The Balaban J connectivity index is 1.84. The van der Waals surface area contributed by atoms with Gasteiger partial charge < -0.3 is 9.25 Å². The maximum atomic E-state index is 12.7. The lowest BCUT2D eigenvalue weighted by Crippen LogP contribution is -2.46. The first-order chi connectivity index (χ1) is 10.9. The Morgan fingerprint density at radius 2 is 2.13 bits per heavy atom. The van der Waals surface area contributed by atoms with Crippen LogP contribution in [0.1, 0.15) is 18.6 Å². The molecule has 0 aliphatic carbocycles. The predicted molar refractivity (Wildman–Crippen MR) is 69.6 cm³/mol. The molecular weight excluding hydrogens is 322 g/mol. The van der Waals surface area contributed by atoms with Crippen molar-refractivity contribution in [2.75, 3.05) is 26.3 Å². The lowest BCUT2D eigenvalue weighted by Gasteiger charge is -2.36. The first kappa shape index (κ1) is 17.7. The fraction of sp³-hybridized carbons (Fsp3) is 0.692. The van der Waals surface area contributed by atoms with E-state index < -0.39 is 18.8 Å². The lowest BCUT2D eigenvalue weighted by molar-refractivity contribution is -0.242. The summed E-state index contributed by atoms with van der Waals surface area (Å²) in [5.41, 5.74) is 0. The molecule has 0 bridgehead atoms. The molecule has 0 unspecified atom stereocenters. The first-order valence-corrected chi connectivity index (χ1v) is 7.11. The van der Waals surface area contributed by atoms with Crippen LogP contribution in [0.5, 0.6) is 0 Å². The monoisotopic (exact) mass is 339 g/mol. The number of oxazole rings is 1. The Morgan fingerprint density at radius 3 is 2.65 bits per heavy atom. The summed E-state index contributed by atoms with van der Waals surface area (Å²) in [4.78, 5) is 20.7. The number of rotatable bonds is 6. The van der Waals surface area contributed by atoms with Gasteiger partial charge in [0.2, 0.25) is 0 Å². The van der Waals surface area contributed by atoms with Crippen LogP contribution in [-0.4, -0.2) is 59.4 Å². The van der Waals surface area contributed by atoms with E-state index in [1.165, 1.54) is 12.6 Å². The van der Waals surface area contributed by atoms with Gasteiger partial charge in [0, 0.05) is 25.7 Å². The molecule has 0 aromatic carbocycles. The molecule has 6 nitrogen and oxygen atoms in total. The highest BCUT2D eigenvalue weighted by atomic mass is 19.4. The van der Waals surface area contributed by atoms with E-state index in [-0.39, 0.29) is 25.7 Å². The molecule has 0 spiro atoms. The van der Waals surface area contributed by atoms with Gasteiger partial charge in [-0.05, 0) is 12.8 Å². The number of halogens is 4. The summed E-state index contributed by atoms with van der Waals surface area (Å²) in [6.07, 6.45) is -1.28. The molecule has 0 saturated carbocycles. The van der Waals surface area contributed by atoms with Gasteiger partial charge in [0.05, 0.1) is 12.7 Å². The number of alkyl halides is 4. The van der Waals surface area contributed by atoms with Gasteiger partial charge in [-0.1, -0.05) is 0 Å². The number of piperidine rings is 1. The highest BCUT2D eigenvalue weighted by Gasteiger charge is 2.43. The second kappa shape index (κ2) is 7.73. The number of carbonyl (C=O) groups is 1. The molecule has 0 amide bonds. The average molecular weight is 339 g/mol. The Labute approximate surface area is 129 Å². The normalized spacial score (nSPS) is 17.6. The van der Waals surface area contributed by atoms with Crippen LogP contribution in [0.15, 0.2) is 17.0 Å². The smallest absolute Gasteiger partial charge is 0.447 e. The van der Waals surface area contributed by atoms with Gasteiger partial charge in [0.15, 0.2) is 6.39 Å². The molecule has 2 heterocycles. The van der Waals surface area contributed by atoms with E-state index in [2.05, 4.69) is 9.82 Å². The van der Waals surface area contributed by atoms with Gasteiger partial charge in [0.1, 0.15) is 12.4 Å². The van der Waals surface area contributed by atoms with Gasteiger partial charge in [-0.3, -0.25) is 4.90 Å². The minimum absolute atomic E-state index is 0.0308. The second-order valence-corrected chi connectivity index (χ2v) is 5.16. The molecular formula is C13H17F4N3O3. The van der Waals surface area contributed by atoms with Crippen LogP contribution in [-0.2, 0) is 16.2 Å². The van der Waals surface area contributed by atoms with Gasteiger partial charge >= 0.3 is 12.1 Å². The van der Waals surface area contributed by atoms with Crippen molar-refractivity contribution in [2.45, 2.75) is 31.6 Å². The first-order valence-electron chi connectivity index (χ1n) is 7.11. The number of hydrogen-bond acceptors (Lipinski definition) is 6. The quantitative estimate of drug-likeness (QED) is 0.738. The Bertz CT molecular complexity index is 487. The molecule has 1 saturated heterocycles. The van der Waals surface area contributed by atoms with Crippen LogP contribution >= 0.6 is 0 Å². The molecule has 1 aliphatic heterocycles. The molecule has 1 aromatic heterocycles. The summed E-state index contributed by atoms with van der Waals surface area (Å²) < 4.78 is 54.3. The van der Waals surface area contributed by atoms with E-state index >= 15 is 0 Å². The number of nitrogens with zero attached hydrogens (tertiary/aromatic N) is 3. The van der Waals surface area contributed by atoms with Crippen LogP contribution < -0.4 is 0 Å². The Morgan fingerprint density at radius 1 is 1.43 bits per heavy atom. The van der Waals surface area contributed by atoms with Gasteiger partial charge in [-0.2, -0.15) is 13.2 Å². The summed E-state index contributed by atoms with van der Waals surface area (Å²) in [7, 11) is 0. The van der Waals surface area contributed by atoms with Crippen LogP contribution in [0.2, 0.25) is 0 Å². The van der Waals surface area contributed by atoms with E-state index in [0.717, 1.165) is 5.06 Å². The van der Waals surface area contributed by atoms with Crippen LogP contribution in [0.25, 0.3) is 0 Å². The van der Waals surface area contributed by atoms with Crippen molar-refractivity contribution in [1.29, 1.82) is 0 Å². The molecule has 23 heavy (non-hydrogen) atoms. The van der Waals surface area contributed by atoms with Crippen LogP contribution in [0.3, 0.4) is 0 Å². The van der Waals surface area contributed by atoms with E-state index in [9.17, 15) is 22.4 Å². The molecule has 130 valence electrons. The summed E-state index contributed by atoms with van der Waals surface area (Å²) >= 11 is 0. The SMILES string of the molecule is O=C(ON1CCC(N(CCF)Cc2cnco2)CC1)C(F)(F)F. The van der Waals surface area contributed by atoms with E-state index in [1.807, 2.05) is 4.90 Å². The number of aromatic nitrogens is 1. The summed E-state index contributed by atoms with van der Waals surface area (Å²) in [5, 5.41) is 0.994. The van der Waals surface area contributed by atoms with Crippen molar-refractivity contribution in [1.82, 2.24) is 14.9 Å². The van der Waals surface area contributed by atoms with E-state index in [4.69, 9.17) is 4.42 Å². The predicted octanol–water partition coefficient (Wildman–Crippen LogP) is 1.93. The molecule has 2 rings (SSSR count). The minimum atomic E-state index is -5.01. The minimum Gasteiger partial charge on any atom is -0.447 e. The third-order valence-electron chi connectivity index (χ3n) is 3.60. The van der Waals surface area contributed by atoms with Crippen LogP contribution in [0.4, 0.5) is 17.6 Å². The van der Waals surface area contributed by atoms with E-state index in [0.29, 0.717) is 25.1 Å².